The van der Waals surface area contributed by atoms with Crippen LogP contribution in [0, 0.1) is 12.8 Å². The van der Waals surface area contributed by atoms with Gasteiger partial charge in [-0.2, -0.15) is 0 Å². The van der Waals surface area contributed by atoms with Crippen molar-refractivity contribution in [3.05, 3.63) is 40.3 Å². The standard InChI is InChI=1S/C22H26N2O7S2/c1-4-31-22(27)18-13(2)19(20(26)23-15-7-5-6-8-16(15)30-3)32-21(18)24-17(25)11-14-9-10-33(28,29)12-14/h5-8,14H,4,9-12H2,1-3H3,(H,23,26)(H,24,25). The molecule has 2 amide bonds. The first-order valence-electron chi connectivity index (χ1n) is 10.4. The molecule has 0 bridgehead atoms. The van der Waals surface area contributed by atoms with Crippen molar-refractivity contribution >= 4 is 49.6 Å². The first kappa shape index (κ1) is 24.7. The van der Waals surface area contributed by atoms with Gasteiger partial charge in [-0.1, -0.05) is 12.1 Å². The van der Waals surface area contributed by atoms with Crippen molar-refractivity contribution in [2.75, 3.05) is 35.9 Å². The van der Waals surface area contributed by atoms with E-state index in [4.69, 9.17) is 9.47 Å². The number of sulfone groups is 1. The number of hydrogen-bond donors (Lipinski definition) is 2. The van der Waals surface area contributed by atoms with Crippen molar-refractivity contribution in [2.45, 2.75) is 26.7 Å². The van der Waals surface area contributed by atoms with Gasteiger partial charge in [0.25, 0.3) is 5.91 Å². The molecule has 1 aromatic heterocycles. The molecule has 0 radical (unpaired) electrons. The number of thiophene rings is 1. The van der Waals surface area contributed by atoms with Crippen LogP contribution in [0.3, 0.4) is 0 Å². The van der Waals surface area contributed by atoms with Gasteiger partial charge in [-0.25, -0.2) is 13.2 Å². The smallest absolute Gasteiger partial charge is 0.341 e. The Hall–Kier alpha value is -2.92. The second kappa shape index (κ2) is 10.3. The van der Waals surface area contributed by atoms with Crippen LogP contribution in [0.25, 0.3) is 0 Å². The summed E-state index contributed by atoms with van der Waals surface area (Å²) in [5, 5.41) is 5.65. The monoisotopic (exact) mass is 494 g/mol. The molecule has 0 spiro atoms. The normalized spacial score (nSPS) is 16.8. The Morgan fingerprint density at radius 1 is 1.18 bits per heavy atom. The Kier molecular flexibility index (Phi) is 7.75. The summed E-state index contributed by atoms with van der Waals surface area (Å²) >= 11 is 0.963. The van der Waals surface area contributed by atoms with E-state index in [1.807, 2.05) is 0 Å². The summed E-state index contributed by atoms with van der Waals surface area (Å²) in [6.45, 7) is 3.40. The van der Waals surface area contributed by atoms with E-state index in [2.05, 4.69) is 10.6 Å². The molecule has 1 aromatic carbocycles. The molecule has 33 heavy (non-hydrogen) atoms. The fourth-order valence-corrected chi connectivity index (χ4v) is 6.64. The number of ether oxygens (including phenoxy) is 2. The van der Waals surface area contributed by atoms with E-state index >= 15 is 0 Å². The van der Waals surface area contributed by atoms with Gasteiger partial charge in [-0.05, 0) is 43.9 Å². The first-order valence-corrected chi connectivity index (χ1v) is 13.0. The number of hydrogen-bond acceptors (Lipinski definition) is 8. The van der Waals surface area contributed by atoms with E-state index < -0.39 is 27.6 Å². The molecule has 0 saturated carbocycles. The second-order valence-electron chi connectivity index (χ2n) is 7.66. The minimum absolute atomic E-state index is 0.0151. The average molecular weight is 495 g/mol. The van der Waals surface area contributed by atoms with Gasteiger partial charge in [-0.3, -0.25) is 9.59 Å². The highest BCUT2D eigenvalue weighted by Gasteiger charge is 2.31. The molecule has 11 heteroatoms. The maximum atomic E-state index is 13.0. The van der Waals surface area contributed by atoms with Crippen LogP contribution in [0.2, 0.25) is 0 Å². The van der Waals surface area contributed by atoms with Gasteiger partial charge >= 0.3 is 5.97 Å². The summed E-state index contributed by atoms with van der Waals surface area (Å²) in [6.07, 6.45) is 0.442. The van der Waals surface area contributed by atoms with E-state index in [0.29, 0.717) is 23.4 Å². The minimum atomic E-state index is -3.11. The summed E-state index contributed by atoms with van der Waals surface area (Å²) in [6, 6.07) is 6.91. The summed E-state index contributed by atoms with van der Waals surface area (Å²) in [5.74, 6) is -1.27. The average Bonchev–Trinajstić information content (AvgIpc) is 3.26. The van der Waals surface area contributed by atoms with E-state index in [1.165, 1.54) is 7.11 Å². The zero-order valence-electron chi connectivity index (χ0n) is 18.6. The van der Waals surface area contributed by atoms with Gasteiger partial charge in [0.1, 0.15) is 10.8 Å². The molecule has 2 N–H and O–H groups in total. The lowest BCUT2D eigenvalue weighted by Crippen LogP contribution is -2.18. The highest BCUT2D eigenvalue weighted by molar-refractivity contribution is 7.91. The van der Waals surface area contributed by atoms with E-state index in [0.717, 1.165) is 11.3 Å². The van der Waals surface area contributed by atoms with Gasteiger partial charge < -0.3 is 20.1 Å². The molecule has 2 heterocycles. The van der Waals surface area contributed by atoms with E-state index in [-0.39, 0.29) is 45.9 Å². The van der Waals surface area contributed by atoms with Crippen LogP contribution in [0.4, 0.5) is 10.7 Å². The molecule has 178 valence electrons. The zero-order chi connectivity index (χ0) is 24.2. The number of carbonyl (C=O) groups excluding carboxylic acids is 3. The number of benzene rings is 1. The number of esters is 1. The molecule has 3 rings (SSSR count). The molecular formula is C22H26N2O7S2. The fraction of sp³-hybridized carbons (Fsp3) is 0.409. The Morgan fingerprint density at radius 2 is 1.91 bits per heavy atom. The van der Waals surface area contributed by atoms with Crippen molar-refractivity contribution in [3.8, 4) is 5.75 Å². The van der Waals surface area contributed by atoms with Crippen LogP contribution < -0.4 is 15.4 Å². The molecular weight excluding hydrogens is 468 g/mol. The Morgan fingerprint density at radius 3 is 2.55 bits per heavy atom. The SMILES string of the molecule is CCOC(=O)c1c(NC(=O)CC2CCS(=O)(=O)C2)sc(C(=O)Nc2ccccc2OC)c1C. The Bertz CT molecular complexity index is 1170. The number of methoxy groups -OCH3 is 1. The van der Waals surface area contributed by atoms with Crippen LogP contribution in [0.5, 0.6) is 5.75 Å². The summed E-state index contributed by atoms with van der Waals surface area (Å²) in [5.41, 5.74) is 0.951. The number of rotatable bonds is 8. The molecule has 1 fully saturated rings. The lowest BCUT2D eigenvalue weighted by Gasteiger charge is -2.09. The number of nitrogens with one attached hydrogen (secondary N) is 2. The number of anilines is 2. The Labute approximate surface area is 196 Å². The number of carbonyl (C=O) groups is 3. The predicted octanol–water partition coefficient (Wildman–Crippen LogP) is 3.26. The van der Waals surface area contributed by atoms with Crippen molar-refractivity contribution in [1.29, 1.82) is 0 Å². The summed E-state index contributed by atoms with van der Waals surface area (Å²) in [7, 11) is -1.62. The largest absolute Gasteiger partial charge is 0.495 e. The molecule has 9 nitrogen and oxygen atoms in total. The predicted molar refractivity (Wildman–Crippen MR) is 126 cm³/mol. The van der Waals surface area contributed by atoms with E-state index in [1.54, 1.807) is 38.1 Å². The summed E-state index contributed by atoms with van der Waals surface area (Å²) < 4.78 is 33.7. The fourth-order valence-electron chi connectivity index (χ4n) is 3.67. The van der Waals surface area contributed by atoms with Gasteiger partial charge in [-0.15, -0.1) is 11.3 Å². The highest BCUT2D eigenvalue weighted by Crippen LogP contribution is 2.35. The van der Waals surface area contributed by atoms with Gasteiger partial charge in [0.15, 0.2) is 9.84 Å². The molecule has 0 aliphatic carbocycles. The van der Waals surface area contributed by atoms with Gasteiger partial charge in [0.2, 0.25) is 5.91 Å². The van der Waals surface area contributed by atoms with Crippen molar-refractivity contribution in [2.24, 2.45) is 5.92 Å². The van der Waals surface area contributed by atoms with Crippen LogP contribution >= 0.6 is 11.3 Å². The van der Waals surface area contributed by atoms with Crippen molar-refractivity contribution < 1.29 is 32.3 Å². The third kappa shape index (κ3) is 5.91. The number of para-hydroxylation sites is 2. The molecule has 2 aromatic rings. The van der Waals surface area contributed by atoms with Crippen LogP contribution in [0.15, 0.2) is 24.3 Å². The van der Waals surface area contributed by atoms with Crippen LogP contribution in [-0.4, -0.2) is 51.4 Å². The van der Waals surface area contributed by atoms with E-state index in [9.17, 15) is 22.8 Å². The lowest BCUT2D eigenvalue weighted by atomic mass is 10.0. The minimum Gasteiger partial charge on any atom is -0.495 e. The molecule has 1 saturated heterocycles. The molecule has 1 atom stereocenters. The first-order chi connectivity index (χ1) is 15.6. The maximum absolute atomic E-state index is 13.0. The van der Waals surface area contributed by atoms with Gasteiger partial charge in [0.05, 0.1) is 41.4 Å². The van der Waals surface area contributed by atoms with Crippen LogP contribution in [0.1, 0.15) is 45.4 Å². The maximum Gasteiger partial charge on any atom is 0.341 e. The highest BCUT2D eigenvalue weighted by atomic mass is 32.2. The Balaban J connectivity index is 1.85. The topological polar surface area (TPSA) is 128 Å². The van der Waals surface area contributed by atoms with Gasteiger partial charge in [0, 0.05) is 6.42 Å². The summed E-state index contributed by atoms with van der Waals surface area (Å²) in [4.78, 5) is 38.4. The molecule has 1 aliphatic rings. The van der Waals surface area contributed by atoms with Crippen molar-refractivity contribution in [3.63, 3.8) is 0 Å². The molecule has 1 aliphatic heterocycles. The lowest BCUT2D eigenvalue weighted by molar-refractivity contribution is -0.116. The molecule has 1 unspecified atom stereocenters. The second-order valence-corrected chi connectivity index (χ2v) is 10.9. The van der Waals surface area contributed by atoms with Crippen molar-refractivity contribution in [1.82, 2.24) is 0 Å². The van der Waals surface area contributed by atoms with Crippen LogP contribution in [-0.2, 0) is 19.4 Å². The number of amides is 2. The third-order valence-electron chi connectivity index (χ3n) is 5.24. The zero-order valence-corrected chi connectivity index (χ0v) is 20.2. The third-order valence-corrected chi connectivity index (χ3v) is 8.28. The quantitative estimate of drug-likeness (QED) is 0.539.